The summed E-state index contributed by atoms with van der Waals surface area (Å²) in [7, 11) is 0. The third-order valence-electron chi connectivity index (χ3n) is 3.59. The van der Waals surface area contributed by atoms with E-state index in [0.29, 0.717) is 11.8 Å². The molecule has 1 aromatic heterocycles. The average molecular weight is 390 g/mol. The molecule has 0 aliphatic heterocycles. The van der Waals surface area contributed by atoms with E-state index in [2.05, 4.69) is 52.2 Å². The zero-order valence-electron chi connectivity index (χ0n) is 12.2. The van der Waals surface area contributed by atoms with Crippen molar-refractivity contribution in [2.45, 2.75) is 33.2 Å². The molecule has 0 N–H and O–H groups in total. The lowest BCUT2D eigenvalue weighted by Gasteiger charge is -2.15. The van der Waals surface area contributed by atoms with Gasteiger partial charge in [0.15, 0.2) is 0 Å². The zero-order valence-corrected chi connectivity index (χ0v) is 15.3. The molecule has 0 saturated carbocycles. The lowest BCUT2D eigenvalue weighted by Crippen LogP contribution is -2.14. The van der Waals surface area contributed by atoms with E-state index in [1.165, 1.54) is 5.56 Å². The van der Waals surface area contributed by atoms with Crippen LogP contribution in [-0.2, 0) is 19.4 Å². The van der Waals surface area contributed by atoms with Gasteiger partial charge in [-0.25, -0.2) is 0 Å². The van der Waals surface area contributed by atoms with Crippen molar-refractivity contribution in [3.8, 4) is 0 Å². The number of nitrogens with zero attached hydrogens (tertiary/aromatic N) is 2. The average Bonchev–Trinajstić information content (AvgIpc) is 2.76. The van der Waals surface area contributed by atoms with Crippen molar-refractivity contribution in [2.75, 3.05) is 5.88 Å². The summed E-state index contributed by atoms with van der Waals surface area (Å²) in [5.41, 5.74) is 3.28. The highest BCUT2D eigenvalue weighted by Gasteiger charge is 2.18. The molecule has 0 radical (unpaired) electrons. The molecule has 0 spiro atoms. The van der Waals surface area contributed by atoms with E-state index in [-0.39, 0.29) is 0 Å². The van der Waals surface area contributed by atoms with E-state index in [9.17, 15) is 0 Å². The normalized spacial score (nSPS) is 12.6. The van der Waals surface area contributed by atoms with Crippen LogP contribution in [0.3, 0.4) is 0 Å². The zero-order chi connectivity index (χ0) is 15.4. The maximum Gasteiger partial charge on any atom is 0.0847 e. The van der Waals surface area contributed by atoms with Gasteiger partial charge in [0.05, 0.1) is 16.4 Å². The van der Waals surface area contributed by atoms with Crippen LogP contribution in [0.5, 0.6) is 0 Å². The first kappa shape index (κ1) is 16.9. The lowest BCUT2D eigenvalue weighted by molar-refractivity contribution is 0.532. The molecule has 1 unspecified atom stereocenters. The van der Waals surface area contributed by atoms with Crippen molar-refractivity contribution >= 4 is 39.1 Å². The predicted octanol–water partition coefficient (Wildman–Crippen LogP) is 5.27. The van der Waals surface area contributed by atoms with Gasteiger partial charge in [0.25, 0.3) is 0 Å². The molecule has 1 atom stereocenters. The molecule has 2 nitrogen and oxygen atoms in total. The molecule has 2 rings (SSSR count). The molecule has 2 aromatic rings. The van der Waals surface area contributed by atoms with Crippen molar-refractivity contribution in [3.05, 3.63) is 50.7 Å². The highest BCUT2D eigenvalue weighted by atomic mass is 79.9. The van der Waals surface area contributed by atoms with Crippen LogP contribution in [-0.4, -0.2) is 15.7 Å². The van der Waals surface area contributed by atoms with Gasteiger partial charge >= 0.3 is 0 Å². The first-order chi connectivity index (χ1) is 10.0. The topological polar surface area (TPSA) is 17.8 Å². The van der Waals surface area contributed by atoms with Gasteiger partial charge in [0.1, 0.15) is 0 Å². The summed E-state index contributed by atoms with van der Waals surface area (Å²) in [5, 5.41) is 5.25. The largest absolute Gasteiger partial charge is 0.268 e. The minimum atomic E-state index is 0.353. The SMILES string of the molecule is CCn1nc(C)c(Cl)c1CC(CCl)Cc1ccc(Br)cc1. The fourth-order valence-corrected chi connectivity index (χ4v) is 3.17. The molecule has 0 bridgehead atoms. The summed E-state index contributed by atoms with van der Waals surface area (Å²) < 4.78 is 3.08. The van der Waals surface area contributed by atoms with E-state index in [4.69, 9.17) is 23.2 Å². The van der Waals surface area contributed by atoms with Crippen LogP contribution in [0.4, 0.5) is 0 Å². The third-order valence-corrected chi connectivity index (χ3v) is 5.05. The fraction of sp³-hybridized carbons (Fsp3) is 0.438. The lowest BCUT2D eigenvalue weighted by atomic mass is 9.96. The van der Waals surface area contributed by atoms with Crippen LogP contribution in [0.25, 0.3) is 0 Å². The standard InChI is InChI=1S/C16H19BrCl2N2/c1-3-21-15(16(19)11(2)20-21)9-13(10-18)8-12-4-6-14(17)7-5-12/h4-7,13H,3,8-10H2,1-2H3. The summed E-state index contributed by atoms with van der Waals surface area (Å²) in [5.74, 6) is 0.965. The smallest absolute Gasteiger partial charge is 0.0847 e. The number of benzene rings is 1. The molecule has 21 heavy (non-hydrogen) atoms. The second kappa shape index (κ2) is 7.66. The van der Waals surface area contributed by atoms with Crippen LogP contribution in [0, 0.1) is 12.8 Å². The van der Waals surface area contributed by atoms with Gasteiger partial charge in [0.2, 0.25) is 0 Å². The van der Waals surface area contributed by atoms with Crippen molar-refractivity contribution in [2.24, 2.45) is 5.92 Å². The summed E-state index contributed by atoms with van der Waals surface area (Å²) in [6, 6.07) is 8.39. The Bertz CT molecular complexity index is 593. The molecule has 0 aliphatic carbocycles. The Labute approximate surface area is 144 Å². The van der Waals surface area contributed by atoms with E-state index in [1.807, 2.05) is 11.6 Å². The quantitative estimate of drug-likeness (QED) is 0.615. The third kappa shape index (κ3) is 4.24. The molecular formula is C16H19BrCl2N2. The summed E-state index contributed by atoms with van der Waals surface area (Å²) >= 11 is 16.0. The number of hydrogen-bond acceptors (Lipinski definition) is 1. The van der Waals surface area contributed by atoms with Crippen molar-refractivity contribution in [3.63, 3.8) is 0 Å². The van der Waals surface area contributed by atoms with Crippen LogP contribution < -0.4 is 0 Å². The second-order valence-electron chi connectivity index (χ2n) is 5.22. The number of alkyl halides is 1. The molecule has 0 amide bonds. The Hall–Kier alpha value is -0.510. The number of aromatic nitrogens is 2. The molecule has 1 heterocycles. The van der Waals surface area contributed by atoms with E-state index in [0.717, 1.165) is 40.3 Å². The van der Waals surface area contributed by atoms with Gasteiger partial charge in [-0.3, -0.25) is 4.68 Å². The molecule has 1 aromatic carbocycles. The van der Waals surface area contributed by atoms with E-state index in [1.54, 1.807) is 0 Å². The maximum absolute atomic E-state index is 6.38. The Morgan fingerprint density at radius 2 is 1.90 bits per heavy atom. The molecule has 0 saturated heterocycles. The van der Waals surface area contributed by atoms with Crippen molar-refractivity contribution < 1.29 is 0 Å². The minimum Gasteiger partial charge on any atom is -0.268 e. The molecule has 0 aliphatic rings. The van der Waals surface area contributed by atoms with Gasteiger partial charge in [-0.1, -0.05) is 39.7 Å². The number of halogens is 3. The van der Waals surface area contributed by atoms with Crippen molar-refractivity contribution in [1.82, 2.24) is 9.78 Å². The Balaban J connectivity index is 2.14. The summed E-state index contributed by atoms with van der Waals surface area (Å²) in [6.07, 6.45) is 1.80. The Morgan fingerprint density at radius 1 is 1.24 bits per heavy atom. The number of rotatable bonds is 6. The molecule has 114 valence electrons. The van der Waals surface area contributed by atoms with Crippen LogP contribution in [0.15, 0.2) is 28.7 Å². The van der Waals surface area contributed by atoms with Gasteiger partial charge in [0, 0.05) is 16.9 Å². The van der Waals surface area contributed by atoms with Gasteiger partial charge < -0.3 is 0 Å². The fourth-order valence-electron chi connectivity index (χ4n) is 2.47. The van der Waals surface area contributed by atoms with Crippen LogP contribution in [0.1, 0.15) is 23.9 Å². The molecule has 0 fully saturated rings. The van der Waals surface area contributed by atoms with E-state index < -0.39 is 0 Å². The predicted molar refractivity (Wildman–Crippen MR) is 93.4 cm³/mol. The first-order valence-electron chi connectivity index (χ1n) is 7.07. The Kier molecular flexibility index (Phi) is 6.15. The summed E-state index contributed by atoms with van der Waals surface area (Å²) in [6.45, 7) is 4.86. The number of aryl methyl sites for hydroxylation is 2. The molecule has 5 heteroatoms. The van der Waals surface area contributed by atoms with E-state index >= 15 is 0 Å². The first-order valence-corrected chi connectivity index (χ1v) is 8.77. The van der Waals surface area contributed by atoms with Gasteiger partial charge in [-0.05, 0) is 50.3 Å². The van der Waals surface area contributed by atoms with Crippen LogP contribution >= 0.6 is 39.1 Å². The number of hydrogen-bond donors (Lipinski definition) is 0. The van der Waals surface area contributed by atoms with Gasteiger partial charge in [-0.2, -0.15) is 5.10 Å². The molecular weight excluding hydrogens is 371 g/mol. The second-order valence-corrected chi connectivity index (χ2v) is 6.82. The van der Waals surface area contributed by atoms with Crippen molar-refractivity contribution in [1.29, 1.82) is 0 Å². The highest BCUT2D eigenvalue weighted by Crippen LogP contribution is 2.25. The maximum atomic E-state index is 6.38. The van der Waals surface area contributed by atoms with Gasteiger partial charge in [-0.15, -0.1) is 11.6 Å². The Morgan fingerprint density at radius 3 is 2.48 bits per heavy atom. The minimum absolute atomic E-state index is 0.353. The highest BCUT2D eigenvalue weighted by molar-refractivity contribution is 9.10. The van der Waals surface area contributed by atoms with Crippen LogP contribution in [0.2, 0.25) is 5.02 Å². The monoisotopic (exact) mass is 388 g/mol. The summed E-state index contributed by atoms with van der Waals surface area (Å²) in [4.78, 5) is 0.